The Balaban J connectivity index is 3.57. The van der Waals surface area contributed by atoms with Crippen LogP contribution >= 0.6 is 0 Å². The van der Waals surface area contributed by atoms with Crippen molar-refractivity contribution < 1.29 is 129 Å². The average Bonchev–Trinajstić information content (AvgIpc) is 3.04. The summed E-state index contributed by atoms with van der Waals surface area (Å²) >= 11 is 0. The molecule has 1 aliphatic rings. The predicted molar refractivity (Wildman–Crippen MR) is 90.4 cm³/mol. The fourth-order valence-electron chi connectivity index (χ4n) is 3.03. The third-order valence-electron chi connectivity index (χ3n) is 5.85. The molecule has 48 heavy (non-hydrogen) atoms. The molecule has 5 nitrogen and oxygen atoms in total. The maximum Gasteiger partial charge on any atom is 0.460 e. The molecule has 31 heteroatoms. The summed E-state index contributed by atoms with van der Waals surface area (Å²) in [7, 11) is 0. The number of hydrogen-bond acceptors (Lipinski definition) is 3. The molecule has 1 heterocycles. The molecule has 0 aromatic heterocycles. The summed E-state index contributed by atoms with van der Waals surface area (Å²) in [5.41, 5.74) is 0. The first kappa shape index (κ1) is 42.8. The van der Waals surface area contributed by atoms with Crippen LogP contribution in [0.25, 0.3) is 0 Å². The van der Waals surface area contributed by atoms with Crippen molar-refractivity contribution in [1.82, 2.24) is 9.80 Å². The van der Waals surface area contributed by atoms with Gasteiger partial charge in [-0.3, -0.25) is 9.59 Å². The van der Waals surface area contributed by atoms with Crippen molar-refractivity contribution in [2.24, 2.45) is 0 Å². The van der Waals surface area contributed by atoms with E-state index in [4.69, 9.17) is 0 Å². The Kier molecular flexibility index (Phi) is 9.72. The van der Waals surface area contributed by atoms with Gasteiger partial charge in [-0.25, -0.2) is 14.6 Å². The van der Waals surface area contributed by atoms with E-state index in [1.807, 2.05) is 0 Å². The highest BCUT2D eigenvalue weighted by Gasteiger charge is 2.92. The van der Waals surface area contributed by atoms with E-state index in [-0.39, 0.29) is 0 Å². The van der Waals surface area contributed by atoms with Crippen LogP contribution in [0.3, 0.4) is 0 Å². The van der Waals surface area contributed by atoms with Crippen molar-refractivity contribution in [1.29, 1.82) is 0 Å². The number of halogens is 26. The van der Waals surface area contributed by atoms with Gasteiger partial charge in [-0.15, -0.1) is 0 Å². The number of carbonyl (C=O) groups is 3. The fourth-order valence-corrected chi connectivity index (χ4v) is 3.03. The highest BCUT2D eigenvalue weighted by atomic mass is 19.4. The van der Waals surface area contributed by atoms with Crippen LogP contribution in [0.5, 0.6) is 0 Å². The van der Waals surface area contributed by atoms with Crippen LogP contribution in [0.2, 0.25) is 0 Å². The third kappa shape index (κ3) is 5.48. The van der Waals surface area contributed by atoms with Crippen LogP contribution in [-0.4, -0.2) is 112 Å². The quantitative estimate of drug-likeness (QED) is 0.119. The Morgan fingerprint density at radius 2 is 0.500 bits per heavy atom. The van der Waals surface area contributed by atoms with Gasteiger partial charge in [0.25, 0.3) is 0 Å². The number of urea groups is 1. The highest BCUT2D eigenvalue weighted by Crippen LogP contribution is 2.62. The first-order valence-corrected chi connectivity index (χ1v) is 10.5. The fraction of sp³-hybridized carbons (Fsp3) is 0.824. The van der Waals surface area contributed by atoms with Gasteiger partial charge in [0, 0.05) is 0 Å². The van der Waals surface area contributed by atoms with Crippen LogP contribution < -0.4 is 0 Å². The van der Waals surface area contributed by atoms with Crippen LogP contribution in [-0.2, 0) is 9.59 Å². The normalized spacial score (nSPS) is 18.0. The monoisotopic (exact) mass is 778 g/mol. The molecule has 1 aliphatic heterocycles. The Morgan fingerprint density at radius 1 is 0.312 bits per heavy atom. The molecule has 0 aliphatic carbocycles. The summed E-state index contributed by atoms with van der Waals surface area (Å²) in [5, 5.41) is 0. The summed E-state index contributed by atoms with van der Waals surface area (Å²) in [6, 6.07) is -3.64. The second-order valence-corrected chi connectivity index (χ2v) is 9.06. The minimum atomic E-state index is -8.62. The van der Waals surface area contributed by atoms with E-state index in [2.05, 4.69) is 0 Å². The number of hydrogen-bond donors (Lipinski definition) is 0. The molecule has 1 rings (SSSR count). The zero-order valence-electron chi connectivity index (χ0n) is 20.9. The zero-order chi connectivity index (χ0) is 39.3. The third-order valence-corrected chi connectivity index (χ3v) is 5.85. The summed E-state index contributed by atoms with van der Waals surface area (Å²) < 4.78 is 343. The molecular formula is C17H4F26N2O3. The molecule has 0 bridgehead atoms. The van der Waals surface area contributed by atoms with Gasteiger partial charge in [0.05, 0.1) is 0 Å². The van der Waals surface area contributed by atoms with E-state index in [1.54, 1.807) is 0 Å². The van der Waals surface area contributed by atoms with Gasteiger partial charge in [0.15, 0.2) is 0 Å². The summed E-state index contributed by atoms with van der Waals surface area (Å²) in [4.78, 5) is 30.7. The number of nitrogens with zero attached hydrogens (tertiary/aromatic N) is 2. The summed E-state index contributed by atoms with van der Waals surface area (Å²) in [6.07, 6.45) is -15.8. The van der Waals surface area contributed by atoms with Crippen LogP contribution in [0, 0.1) is 0 Å². The molecule has 282 valence electrons. The van der Waals surface area contributed by atoms with Gasteiger partial charge in [-0.1, -0.05) is 0 Å². The molecule has 1 fully saturated rings. The number of alkyl halides is 26. The van der Waals surface area contributed by atoms with Gasteiger partial charge in [0.2, 0.25) is 0 Å². The van der Waals surface area contributed by atoms with Gasteiger partial charge in [-0.05, 0) is 0 Å². The number of imide groups is 2. The van der Waals surface area contributed by atoms with Crippen LogP contribution in [0.4, 0.5) is 119 Å². The van der Waals surface area contributed by atoms with Gasteiger partial charge >= 0.3 is 89.4 Å². The molecule has 0 saturated carbocycles. The van der Waals surface area contributed by atoms with E-state index in [0.717, 1.165) is 0 Å². The van der Waals surface area contributed by atoms with Crippen molar-refractivity contribution in [3.8, 4) is 0 Å². The maximum absolute atomic E-state index is 14.0. The van der Waals surface area contributed by atoms with Gasteiger partial charge < -0.3 is 0 Å². The van der Waals surface area contributed by atoms with Crippen molar-refractivity contribution in [3.63, 3.8) is 0 Å². The number of carbonyl (C=O) groups excluding carboxylic acids is 3. The lowest BCUT2D eigenvalue weighted by Crippen LogP contribution is -2.71. The van der Waals surface area contributed by atoms with Crippen molar-refractivity contribution >= 4 is 17.8 Å². The van der Waals surface area contributed by atoms with Crippen molar-refractivity contribution in [3.05, 3.63) is 0 Å². The molecular weight excluding hydrogens is 774 g/mol. The van der Waals surface area contributed by atoms with E-state index < -0.39 is 112 Å². The molecule has 0 aromatic rings. The molecule has 0 atom stereocenters. The second-order valence-electron chi connectivity index (χ2n) is 9.06. The number of amides is 4. The van der Waals surface area contributed by atoms with Crippen molar-refractivity contribution in [2.45, 2.75) is 71.6 Å². The molecule has 0 N–H and O–H groups in total. The summed E-state index contributed by atoms with van der Waals surface area (Å²) in [6.45, 7) is -8.34. The predicted octanol–water partition coefficient (Wildman–Crippen LogP) is 7.25. The van der Waals surface area contributed by atoms with E-state index in [1.165, 1.54) is 0 Å². The standard InChI is InChI=1S/C17H4F26N2O3/c18-6(19,8(22,23)10(26,27)12(30,31)14(34,35)16(38,39)40)1-44-3(46)4(47)45(5(44)48)2-7(20,21)9(24,25)11(28,29)13(32,33)15(36,37)17(41,42)43/h1-2H2. The maximum atomic E-state index is 14.0. The van der Waals surface area contributed by atoms with Crippen LogP contribution in [0.1, 0.15) is 0 Å². The SMILES string of the molecule is O=C1C(=O)N(CC(F)(F)C(F)(F)C(F)(F)C(F)(F)C(F)(F)C(F)(F)F)C(=O)N1CC(F)(F)C(F)(F)C(F)(F)C(F)(F)C(F)(F)C(F)(F)F. The second kappa shape index (κ2) is 10.9. The Bertz CT molecular complexity index is 1200. The number of rotatable bonds is 12. The summed E-state index contributed by atoms with van der Waals surface area (Å²) in [5.74, 6) is -89.7. The Morgan fingerprint density at radius 3 is 0.688 bits per heavy atom. The first-order chi connectivity index (χ1) is 20.4. The lowest BCUT2D eigenvalue weighted by Gasteiger charge is -2.40. The molecule has 1 saturated heterocycles. The van der Waals surface area contributed by atoms with Gasteiger partial charge in [-0.2, -0.15) is 114 Å². The van der Waals surface area contributed by atoms with E-state index >= 15 is 0 Å². The molecule has 0 spiro atoms. The molecule has 0 aromatic carbocycles. The van der Waals surface area contributed by atoms with Gasteiger partial charge in [0.1, 0.15) is 13.1 Å². The molecule has 0 radical (unpaired) electrons. The zero-order valence-corrected chi connectivity index (χ0v) is 20.9. The lowest BCUT2D eigenvalue weighted by atomic mass is 9.93. The van der Waals surface area contributed by atoms with Crippen LogP contribution in [0.15, 0.2) is 0 Å². The van der Waals surface area contributed by atoms with E-state index in [0.29, 0.717) is 0 Å². The Hall–Kier alpha value is -3.21. The highest BCUT2D eigenvalue weighted by molar-refractivity contribution is 6.44. The first-order valence-electron chi connectivity index (χ1n) is 10.5. The average molecular weight is 778 g/mol. The van der Waals surface area contributed by atoms with Crippen molar-refractivity contribution in [2.75, 3.05) is 13.1 Å². The largest absolute Gasteiger partial charge is 0.460 e. The molecule has 4 amide bonds. The van der Waals surface area contributed by atoms with E-state index in [9.17, 15) is 129 Å². The minimum absolute atomic E-state index is 2.16. The molecule has 0 unspecified atom stereocenters. The lowest BCUT2D eigenvalue weighted by molar-refractivity contribution is -0.439. The smallest absolute Gasteiger partial charge is 0.263 e. The topological polar surface area (TPSA) is 57.7 Å². The minimum Gasteiger partial charge on any atom is -0.263 e. The Labute approximate surface area is 242 Å².